The summed E-state index contributed by atoms with van der Waals surface area (Å²) in [5.74, 6) is 3.96. The van der Waals surface area contributed by atoms with Gasteiger partial charge in [0.25, 0.3) is 0 Å². The molecule has 0 amide bonds. The van der Waals surface area contributed by atoms with Crippen LogP contribution >= 0.6 is 0 Å². The molecule has 2 bridgehead atoms. The first-order valence-electron chi connectivity index (χ1n) is 7.09. The zero-order valence-electron chi connectivity index (χ0n) is 10.7. The first-order valence-corrected chi connectivity index (χ1v) is 7.09. The first-order chi connectivity index (χ1) is 8.28. The van der Waals surface area contributed by atoms with E-state index in [1.165, 1.54) is 31.2 Å². The van der Waals surface area contributed by atoms with Crippen molar-refractivity contribution in [1.29, 1.82) is 0 Å². The Hall–Kier alpha value is -0.760. The molecule has 2 aliphatic carbocycles. The zero-order chi connectivity index (χ0) is 11.8. The van der Waals surface area contributed by atoms with Crippen LogP contribution in [0.15, 0.2) is 16.7 Å². The zero-order valence-corrected chi connectivity index (χ0v) is 10.7. The fourth-order valence-corrected chi connectivity index (χ4v) is 4.09. The Morgan fingerprint density at radius 3 is 2.94 bits per heavy atom. The van der Waals surface area contributed by atoms with Gasteiger partial charge in [0.1, 0.15) is 5.76 Å². The minimum absolute atomic E-state index is 0.188. The van der Waals surface area contributed by atoms with Crippen molar-refractivity contribution in [2.75, 3.05) is 0 Å². The highest BCUT2D eigenvalue weighted by Gasteiger charge is 2.40. The molecule has 2 aliphatic rings. The molecule has 2 heteroatoms. The molecular weight excluding hydrogens is 210 g/mol. The van der Waals surface area contributed by atoms with Gasteiger partial charge in [0, 0.05) is 18.0 Å². The van der Waals surface area contributed by atoms with Crippen molar-refractivity contribution in [3.05, 3.63) is 23.7 Å². The Bertz CT molecular complexity index is 384. The van der Waals surface area contributed by atoms with Crippen molar-refractivity contribution in [3.63, 3.8) is 0 Å². The molecule has 2 saturated carbocycles. The molecule has 1 aromatic rings. The maximum absolute atomic E-state index is 6.37. The van der Waals surface area contributed by atoms with Gasteiger partial charge in [0.2, 0.25) is 0 Å². The summed E-state index contributed by atoms with van der Waals surface area (Å²) in [6, 6.07) is 2.25. The second-order valence-corrected chi connectivity index (χ2v) is 5.93. The van der Waals surface area contributed by atoms with Crippen LogP contribution in [0.1, 0.15) is 56.4 Å². The van der Waals surface area contributed by atoms with Gasteiger partial charge in [0.15, 0.2) is 0 Å². The third-order valence-corrected chi connectivity index (χ3v) is 4.94. The average molecular weight is 233 g/mol. The molecule has 3 rings (SSSR count). The Balaban J connectivity index is 1.65. The van der Waals surface area contributed by atoms with Crippen LogP contribution in [-0.2, 0) is 6.42 Å². The highest BCUT2D eigenvalue weighted by molar-refractivity contribution is 5.21. The fourth-order valence-electron chi connectivity index (χ4n) is 4.09. The van der Waals surface area contributed by atoms with Crippen LogP contribution in [0.25, 0.3) is 0 Å². The van der Waals surface area contributed by atoms with Crippen molar-refractivity contribution in [2.24, 2.45) is 23.5 Å². The van der Waals surface area contributed by atoms with Crippen molar-refractivity contribution >= 4 is 0 Å². The largest absolute Gasteiger partial charge is 0.469 e. The first kappa shape index (κ1) is 11.3. The third kappa shape index (κ3) is 2.03. The molecule has 4 atom stereocenters. The minimum atomic E-state index is 0.188. The van der Waals surface area contributed by atoms with Crippen LogP contribution in [0.4, 0.5) is 0 Å². The van der Waals surface area contributed by atoms with Crippen molar-refractivity contribution < 1.29 is 4.42 Å². The molecule has 4 unspecified atom stereocenters. The number of hydrogen-bond acceptors (Lipinski definition) is 2. The topological polar surface area (TPSA) is 39.2 Å². The van der Waals surface area contributed by atoms with Crippen LogP contribution in [0.3, 0.4) is 0 Å². The molecule has 94 valence electrons. The molecule has 1 heterocycles. The van der Waals surface area contributed by atoms with Gasteiger partial charge >= 0.3 is 0 Å². The predicted molar refractivity (Wildman–Crippen MR) is 68.6 cm³/mol. The Kier molecular flexibility index (Phi) is 2.99. The number of rotatable bonds is 4. The number of hydrogen-bond donors (Lipinski definition) is 1. The Morgan fingerprint density at radius 2 is 2.29 bits per heavy atom. The second-order valence-electron chi connectivity index (χ2n) is 5.93. The van der Waals surface area contributed by atoms with E-state index in [0.29, 0.717) is 0 Å². The minimum Gasteiger partial charge on any atom is -0.469 e. The van der Waals surface area contributed by atoms with E-state index in [1.54, 1.807) is 6.26 Å². The van der Waals surface area contributed by atoms with E-state index in [0.717, 1.165) is 36.4 Å². The lowest BCUT2D eigenvalue weighted by atomic mass is 9.83. The standard InChI is InChI=1S/C15H23NO/c1-2-15-13(5-6-17-15)14(16)9-12-8-10-3-4-11(12)7-10/h5-6,10-12,14H,2-4,7-9,16H2,1H3. The molecule has 2 fully saturated rings. The lowest BCUT2D eigenvalue weighted by molar-refractivity contribution is 0.295. The van der Waals surface area contributed by atoms with E-state index in [9.17, 15) is 0 Å². The monoisotopic (exact) mass is 233 g/mol. The van der Waals surface area contributed by atoms with Crippen molar-refractivity contribution in [3.8, 4) is 0 Å². The lowest BCUT2D eigenvalue weighted by Gasteiger charge is -2.24. The lowest BCUT2D eigenvalue weighted by Crippen LogP contribution is -2.19. The highest BCUT2D eigenvalue weighted by atomic mass is 16.3. The number of aryl methyl sites for hydroxylation is 1. The smallest absolute Gasteiger partial charge is 0.108 e. The van der Waals surface area contributed by atoms with E-state index in [-0.39, 0.29) is 6.04 Å². The van der Waals surface area contributed by atoms with Gasteiger partial charge in [-0.15, -0.1) is 0 Å². The van der Waals surface area contributed by atoms with E-state index < -0.39 is 0 Å². The summed E-state index contributed by atoms with van der Waals surface area (Å²) in [5.41, 5.74) is 7.61. The molecule has 0 saturated heterocycles. The molecular formula is C15H23NO. The third-order valence-electron chi connectivity index (χ3n) is 4.94. The maximum atomic E-state index is 6.37. The van der Waals surface area contributed by atoms with Gasteiger partial charge < -0.3 is 10.2 Å². The normalized spacial score (nSPS) is 33.2. The van der Waals surface area contributed by atoms with Gasteiger partial charge in [-0.25, -0.2) is 0 Å². The van der Waals surface area contributed by atoms with E-state index >= 15 is 0 Å². The number of fused-ring (bicyclic) bond motifs is 2. The SMILES string of the molecule is CCc1occc1C(N)CC1CC2CCC1C2. The molecule has 0 radical (unpaired) electrons. The summed E-state index contributed by atoms with van der Waals surface area (Å²) in [4.78, 5) is 0. The Morgan fingerprint density at radius 1 is 1.41 bits per heavy atom. The van der Waals surface area contributed by atoms with Crippen LogP contribution in [-0.4, -0.2) is 0 Å². The summed E-state index contributed by atoms with van der Waals surface area (Å²) in [6.07, 6.45) is 9.73. The molecule has 2 N–H and O–H groups in total. The molecule has 0 aromatic carbocycles. The van der Waals surface area contributed by atoms with Gasteiger partial charge in [-0.05, 0) is 49.5 Å². The van der Waals surface area contributed by atoms with Crippen molar-refractivity contribution in [1.82, 2.24) is 0 Å². The van der Waals surface area contributed by atoms with Gasteiger partial charge in [-0.1, -0.05) is 13.3 Å². The van der Waals surface area contributed by atoms with Gasteiger partial charge in [-0.2, -0.15) is 0 Å². The van der Waals surface area contributed by atoms with Gasteiger partial charge in [-0.3, -0.25) is 0 Å². The van der Waals surface area contributed by atoms with E-state index in [4.69, 9.17) is 10.2 Å². The predicted octanol–water partition coefficient (Wildman–Crippen LogP) is 3.67. The van der Waals surface area contributed by atoms with Crippen LogP contribution < -0.4 is 5.73 Å². The summed E-state index contributed by atoms with van der Waals surface area (Å²) in [6.45, 7) is 2.13. The van der Waals surface area contributed by atoms with Gasteiger partial charge in [0.05, 0.1) is 6.26 Å². The molecule has 2 nitrogen and oxygen atoms in total. The number of nitrogens with two attached hydrogens (primary N) is 1. The quantitative estimate of drug-likeness (QED) is 0.861. The highest BCUT2D eigenvalue weighted by Crippen LogP contribution is 2.50. The maximum Gasteiger partial charge on any atom is 0.108 e. The summed E-state index contributed by atoms with van der Waals surface area (Å²) in [5, 5.41) is 0. The fraction of sp³-hybridized carbons (Fsp3) is 0.733. The van der Waals surface area contributed by atoms with Crippen LogP contribution in [0.2, 0.25) is 0 Å². The van der Waals surface area contributed by atoms with E-state index in [2.05, 4.69) is 13.0 Å². The van der Waals surface area contributed by atoms with Crippen LogP contribution in [0.5, 0.6) is 0 Å². The number of furan rings is 1. The summed E-state index contributed by atoms with van der Waals surface area (Å²) >= 11 is 0. The summed E-state index contributed by atoms with van der Waals surface area (Å²) in [7, 11) is 0. The van der Waals surface area contributed by atoms with Crippen LogP contribution in [0, 0.1) is 17.8 Å². The molecule has 1 aromatic heterocycles. The molecule has 0 aliphatic heterocycles. The Labute approximate surface area is 104 Å². The van der Waals surface area contributed by atoms with Crippen molar-refractivity contribution in [2.45, 2.75) is 51.5 Å². The molecule has 17 heavy (non-hydrogen) atoms. The average Bonchev–Trinajstić information content (AvgIpc) is 3.04. The summed E-state index contributed by atoms with van der Waals surface area (Å²) < 4.78 is 5.48. The molecule has 0 spiro atoms. The van der Waals surface area contributed by atoms with E-state index in [1.807, 2.05) is 0 Å². The second kappa shape index (κ2) is 4.49.